The Morgan fingerprint density at radius 1 is 1.00 bits per heavy atom. The normalized spacial score (nSPS) is 14.8. The summed E-state index contributed by atoms with van der Waals surface area (Å²) in [5.41, 5.74) is 4.57. The summed E-state index contributed by atoms with van der Waals surface area (Å²) in [5, 5.41) is 9.79. The van der Waals surface area contributed by atoms with E-state index in [1.165, 1.54) is 0 Å². The Hall–Kier alpha value is -3.00. The molecule has 0 aromatic heterocycles. The van der Waals surface area contributed by atoms with Gasteiger partial charge in [0.1, 0.15) is 0 Å². The fraction of sp³-hybridized carbons (Fsp3) is 0.231. The summed E-state index contributed by atoms with van der Waals surface area (Å²) < 4.78 is 0. The Morgan fingerprint density at radius 2 is 1.62 bits per heavy atom. The summed E-state index contributed by atoms with van der Waals surface area (Å²) in [7, 11) is 0. The maximum Gasteiger partial charge on any atom is 0.335 e. The van der Waals surface area contributed by atoms with Gasteiger partial charge in [-0.3, -0.25) is 0 Å². The van der Waals surface area contributed by atoms with Gasteiger partial charge in [0.15, 0.2) is 0 Å². The second-order valence-corrected chi connectivity index (χ2v) is 8.28. The van der Waals surface area contributed by atoms with E-state index in [-0.39, 0.29) is 24.4 Å². The summed E-state index contributed by atoms with van der Waals surface area (Å²) in [4.78, 5) is 17.4. The highest BCUT2D eigenvalue weighted by atomic mass is 35.5. The van der Waals surface area contributed by atoms with Crippen molar-refractivity contribution < 1.29 is 9.90 Å². The van der Waals surface area contributed by atoms with Crippen LogP contribution < -0.4 is 4.90 Å². The lowest BCUT2D eigenvalue weighted by molar-refractivity contribution is 0.0697. The van der Waals surface area contributed by atoms with Gasteiger partial charge in [-0.1, -0.05) is 48.0 Å². The van der Waals surface area contributed by atoms with Gasteiger partial charge in [-0.25, -0.2) is 11.4 Å². The number of carboxylic acid groups (broad SMARTS) is 1. The molecule has 4 nitrogen and oxygen atoms in total. The first-order valence-corrected chi connectivity index (χ1v) is 10.7. The maximum absolute atomic E-state index is 11.1. The number of carbonyl (C=O) groups is 1. The van der Waals surface area contributed by atoms with Crippen LogP contribution in [0.3, 0.4) is 0 Å². The SMILES string of the molecule is Cl.[C-]#[N+][C@H](c1ccccc1-c1ccc(Cl)cc1)C1CCN(c2ccc(C(=O)O)cc2)CC1. The topological polar surface area (TPSA) is 44.9 Å². The molecule has 0 amide bonds. The molecule has 0 saturated carbocycles. The van der Waals surface area contributed by atoms with Gasteiger partial charge in [-0.05, 0) is 60.4 Å². The second-order valence-electron chi connectivity index (χ2n) is 7.84. The number of piperidine rings is 1. The van der Waals surface area contributed by atoms with Gasteiger partial charge >= 0.3 is 5.97 Å². The van der Waals surface area contributed by atoms with Crippen LogP contribution in [0.4, 0.5) is 5.69 Å². The van der Waals surface area contributed by atoms with Gasteiger partial charge in [0.2, 0.25) is 0 Å². The van der Waals surface area contributed by atoms with Crippen LogP contribution in [0.5, 0.6) is 0 Å². The second kappa shape index (κ2) is 10.5. The first kappa shape index (κ1) is 23.7. The van der Waals surface area contributed by atoms with E-state index < -0.39 is 5.97 Å². The van der Waals surface area contributed by atoms with E-state index in [9.17, 15) is 4.79 Å². The van der Waals surface area contributed by atoms with Crippen LogP contribution in [0.1, 0.15) is 34.8 Å². The van der Waals surface area contributed by atoms with E-state index in [4.69, 9.17) is 23.3 Å². The quantitative estimate of drug-likeness (QED) is 0.411. The highest BCUT2D eigenvalue weighted by molar-refractivity contribution is 6.30. The smallest absolute Gasteiger partial charge is 0.335 e. The molecule has 1 saturated heterocycles. The molecule has 32 heavy (non-hydrogen) atoms. The van der Waals surface area contributed by atoms with Crippen LogP contribution in [-0.4, -0.2) is 24.2 Å². The first-order chi connectivity index (χ1) is 15.1. The van der Waals surface area contributed by atoms with Gasteiger partial charge in [0.05, 0.1) is 5.56 Å². The average Bonchev–Trinajstić information content (AvgIpc) is 2.81. The molecule has 6 heteroatoms. The molecule has 0 bridgehead atoms. The highest BCUT2D eigenvalue weighted by Gasteiger charge is 2.33. The van der Waals surface area contributed by atoms with E-state index >= 15 is 0 Å². The lowest BCUT2D eigenvalue weighted by Crippen LogP contribution is -2.35. The summed E-state index contributed by atoms with van der Waals surface area (Å²) in [6, 6.07) is 22.8. The van der Waals surface area contributed by atoms with Crippen LogP contribution in [0, 0.1) is 12.5 Å². The molecule has 1 fully saturated rings. The Balaban J connectivity index is 0.00000289. The third kappa shape index (κ3) is 5.07. The molecular formula is C26H24Cl2N2O2. The van der Waals surface area contributed by atoms with Crippen molar-refractivity contribution in [3.8, 4) is 11.1 Å². The van der Waals surface area contributed by atoms with E-state index in [1.54, 1.807) is 12.1 Å². The van der Waals surface area contributed by atoms with Gasteiger partial charge < -0.3 is 14.9 Å². The molecule has 0 spiro atoms. The molecule has 0 aliphatic carbocycles. The van der Waals surface area contributed by atoms with Crippen molar-refractivity contribution in [3.05, 3.63) is 100 Å². The number of halogens is 2. The molecule has 1 heterocycles. The number of nitrogens with zero attached hydrogens (tertiary/aromatic N) is 2. The molecule has 1 aliphatic rings. The number of benzene rings is 3. The van der Waals surface area contributed by atoms with Crippen LogP contribution in [0.25, 0.3) is 16.0 Å². The lowest BCUT2D eigenvalue weighted by atomic mass is 9.83. The molecule has 0 radical (unpaired) electrons. The number of carboxylic acids is 1. The monoisotopic (exact) mass is 466 g/mol. The predicted octanol–water partition coefficient (Wildman–Crippen LogP) is 7.00. The Kier molecular flexibility index (Phi) is 7.80. The van der Waals surface area contributed by atoms with Crippen LogP contribution in [-0.2, 0) is 0 Å². The lowest BCUT2D eigenvalue weighted by Gasteiger charge is -2.34. The minimum atomic E-state index is -0.912. The molecule has 3 aromatic rings. The van der Waals surface area contributed by atoms with Crippen molar-refractivity contribution in [1.29, 1.82) is 0 Å². The summed E-state index contributed by atoms with van der Waals surface area (Å²) in [6.45, 7) is 9.65. The van der Waals surface area contributed by atoms with Crippen molar-refractivity contribution in [2.45, 2.75) is 18.9 Å². The largest absolute Gasteiger partial charge is 0.478 e. The number of hydrogen-bond acceptors (Lipinski definition) is 2. The van der Waals surface area contributed by atoms with E-state index in [0.717, 1.165) is 48.3 Å². The van der Waals surface area contributed by atoms with Gasteiger partial charge in [0.25, 0.3) is 6.04 Å². The Bertz CT molecular complexity index is 1100. The number of rotatable bonds is 5. The van der Waals surface area contributed by atoms with E-state index in [0.29, 0.717) is 10.6 Å². The zero-order chi connectivity index (χ0) is 21.8. The maximum atomic E-state index is 11.1. The molecular weight excluding hydrogens is 443 g/mol. The van der Waals surface area contributed by atoms with Crippen molar-refractivity contribution in [3.63, 3.8) is 0 Å². The Labute approximate surface area is 199 Å². The van der Waals surface area contributed by atoms with Crippen molar-refractivity contribution in [2.75, 3.05) is 18.0 Å². The summed E-state index contributed by atoms with van der Waals surface area (Å²) in [5.74, 6) is -0.634. The van der Waals surface area contributed by atoms with E-state index in [1.807, 2.05) is 48.5 Å². The van der Waals surface area contributed by atoms with Gasteiger partial charge in [-0.15, -0.1) is 12.4 Å². The Morgan fingerprint density at radius 3 is 2.22 bits per heavy atom. The van der Waals surface area contributed by atoms with Gasteiger partial charge in [-0.2, -0.15) is 0 Å². The fourth-order valence-corrected chi connectivity index (χ4v) is 4.49. The number of aromatic carboxylic acids is 1. The minimum Gasteiger partial charge on any atom is -0.478 e. The van der Waals surface area contributed by atoms with Crippen LogP contribution >= 0.6 is 24.0 Å². The van der Waals surface area contributed by atoms with E-state index in [2.05, 4.69) is 21.9 Å². The van der Waals surface area contributed by atoms with Crippen molar-refractivity contribution in [2.24, 2.45) is 5.92 Å². The summed E-state index contributed by atoms with van der Waals surface area (Å²) in [6.07, 6.45) is 1.84. The fourth-order valence-electron chi connectivity index (χ4n) is 4.36. The summed E-state index contributed by atoms with van der Waals surface area (Å²) >= 11 is 6.06. The number of anilines is 1. The highest BCUT2D eigenvalue weighted by Crippen LogP contribution is 2.39. The third-order valence-corrected chi connectivity index (χ3v) is 6.29. The van der Waals surface area contributed by atoms with Crippen LogP contribution in [0.15, 0.2) is 72.8 Å². The van der Waals surface area contributed by atoms with Crippen molar-refractivity contribution in [1.82, 2.24) is 0 Å². The average molecular weight is 467 g/mol. The molecule has 4 rings (SSSR count). The molecule has 164 valence electrons. The molecule has 1 N–H and O–H groups in total. The molecule has 1 aliphatic heterocycles. The zero-order valence-electron chi connectivity index (χ0n) is 17.4. The molecule has 0 unspecified atom stereocenters. The van der Waals surface area contributed by atoms with Crippen molar-refractivity contribution >= 4 is 35.7 Å². The first-order valence-electron chi connectivity index (χ1n) is 10.4. The molecule has 3 aromatic carbocycles. The van der Waals surface area contributed by atoms with Gasteiger partial charge in [0, 0.05) is 35.3 Å². The standard InChI is InChI=1S/C26H23ClN2O2.ClH/c1-28-25(24-5-3-2-4-23(24)18-6-10-21(27)11-7-18)19-14-16-29(17-15-19)22-12-8-20(9-13-22)26(30)31;/h2-13,19,25H,14-17H2,(H,30,31);1H/t25-;/m0./s1. The third-order valence-electron chi connectivity index (χ3n) is 6.04. The minimum absolute atomic E-state index is 0. The predicted molar refractivity (Wildman–Crippen MR) is 132 cm³/mol. The van der Waals surface area contributed by atoms with Crippen LogP contribution in [0.2, 0.25) is 5.02 Å². The number of hydrogen-bond donors (Lipinski definition) is 1. The zero-order valence-corrected chi connectivity index (χ0v) is 19.0. The molecule has 1 atom stereocenters.